The van der Waals surface area contributed by atoms with Gasteiger partial charge in [-0.3, -0.25) is 19.3 Å². The quantitative estimate of drug-likeness (QED) is 0.387. The maximum Gasteiger partial charge on any atom is 0.414 e. The van der Waals surface area contributed by atoms with Crippen LogP contribution >= 0.6 is 0 Å². The Morgan fingerprint density at radius 2 is 1.67 bits per heavy atom. The van der Waals surface area contributed by atoms with E-state index in [1.165, 1.54) is 24.3 Å². The fourth-order valence-electron chi connectivity index (χ4n) is 6.56. The first-order valence-electron chi connectivity index (χ1n) is 15.6. The number of rotatable bonds is 6. The van der Waals surface area contributed by atoms with Crippen LogP contribution in [0.1, 0.15) is 56.3 Å². The van der Waals surface area contributed by atoms with Crippen molar-refractivity contribution in [2.75, 3.05) is 37.4 Å². The SMILES string of the molecule is C[C@@H]1CN(c2ccc(-c3cc(C(=O)N(C)C4CCCCC4)ccc3F)cc2NC(=O)C2C=NC(=O)C=C2C(F)(F)F)C[C@H](C)N1C. The number of hydrogen-bond acceptors (Lipinski definition) is 5. The highest BCUT2D eigenvalue weighted by molar-refractivity contribution is 6.11. The molecule has 3 atom stereocenters. The Labute approximate surface area is 266 Å². The number of amides is 3. The van der Waals surface area contributed by atoms with E-state index in [9.17, 15) is 27.6 Å². The van der Waals surface area contributed by atoms with Gasteiger partial charge < -0.3 is 15.1 Å². The molecule has 2 aliphatic heterocycles. The zero-order valence-electron chi connectivity index (χ0n) is 26.4. The third-order valence-electron chi connectivity index (χ3n) is 9.50. The van der Waals surface area contributed by atoms with Crippen molar-refractivity contribution in [3.05, 3.63) is 59.4 Å². The second kappa shape index (κ2) is 13.4. The number of carbonyl (C=O) groups is 3. The summed E-state index contributed by atoms with van der Waals surface area (Å²) < 4.78 is 56.8. The van der Waals surface area contributed by atoms with Crippen LogP contribution in [0.2, 0.25) is 0 Å². The van der Waals surface area contributed by atoms with Gasteiger partial charge in [0.1, 0.15) is 11.7 Å². The summed E-state index contributed by atoms with van der Waals surface area (Å²) in [6, 6.07) is 9.41. The molecule has 3 amide bonds. The van der Waals surface area contributed by atoms with E-state index in [0.717, 1.165) is 32.1 Å². The molecule has 246 valence electrons. The Kier molecular flexibility index (Phi) is 9.67. The van der Waals surface area contributed by atoms with Crippen LogP contribution < -0.4 is 10.2 Å². The first kappa shape index (κ1) is 33.3. The summed E-state index contributed by atoms with van der Waals surface area (Å²) in [5, 5.41) is 2.63. The second-order valence-electron chi connectivity index (χ2n) is 12.6. The molecular formula is C34H39F4N5O3. The molecule has 1 unspecified atom stereocenters. The second-order valence-corrected chi connectivity index (χ2v) is 12.6. The fraction of sp³-hybridized carbons (Fsp3) is 0.471. The van der Waals surface area contributed by atoms with Gasteiger partial charge in [0, 0.05) is 61.7 Å². The van der Waals surface area contributed by atoms with Gasteiger partial charge >= 0.3 is 6.18 Å². The zero-order chi connectivity index (χ0) is 33.3. The number of halogens is 4. The molecule has 0 aromatic heterocycles. The van der Waals surface area contributed by atoms with Crippen molar-refractivity contribution in [3.63, 3.8) is 0 Å². The van der Waals surface area contributed by atoms with E-state index in [1.807, 2.05) is 25.8 Å². The Morgan fingerprint density at radius 3 is 2.33 bits per heavy atom. The number of nitrogens with zero attached hydrogens (tertiary/aromatic N) is 4. The number of hydrogen-bond donors (Lipinski definition) is 1. The Morgan fingerprint density at radius 1 is 1.00 bits per heavy atom. The van der Waals surface area contributed by atoms with E-state index in [4.69, 9.17) is 0 Å². The lowest BCUT2D eigenvalue weighted by atomic mass is 9.93. The highest BCUT2D eigenvalue weighted by Gasteiger charge is 2.43. The van der Waals surface area contributed by atoms with Gasteiger partial charge in [0.2, 0.25) is 5.91 Å². The largest absolute Gasteiger partial charge is 0.414 e. The van der Waals surface area contributed by atoms with Crippen LogP contribution in [-0.2, 0) is 9.59 Å². The number of benzene rings is 2. The maximum atomic E-state index is 15.4. The van der Waals surface area contributed by atoms with E-state index in [1.54, 1.807) is 24.1 Å². The average molecular weight is 642 g/mol. The molecule has 1 saturated heterocycles. The van der Waals surface area contributed by atoms with Crippen LogP contribution in [-0.4, -0.2) is 85.2 Å². The summed E-state index contributed by atoms with van der Waals surface area (Å²) in [7, 11) is 3.77. The molecule has 46 heavy (non-hydrogen) atoms. The van der Waals surface area contributed by atoms with E-state index in [0.29, 0.717) is 42.2 Å². The minimum absolute atomic E-state index is 0.110. The molecule has 1 saturated carbocycles. The van der Waals surface area contributed by atoms with Gasteiger partial charge in [0.25, 0.3) is 11.8 Å². The molecule has 2 aromatic carbocycles. The fourth-order valence-corrected chi connectivity index (χ4v) is 6.56. The van der Waals surface area contributed by atoms with Crippen LogP contribution in [0, 0.1) is 11.7 Å². The number of piperazine rings is 1. The first-order valence-corrected chi connectivity index (χ1v) is 15.6. The molecule has 3 aliphatic rings. The third kappa shape index (κ3) is 7.01. The van der Waals surface area contributed by atoms with Crippen molar-refractivity contribution in [1.82, 2.24) is 9.80 Å². The summed E-state index contributed by atoms with van der Waals surface area (Å²) >= 11 is 0. The molecule has 1 N–H and O–H groups in total. The van der Waals surface area contributed by atoms with Gasteiger partial charge in [-0.05, 0) is 69.6 Å². The van der Waals surface area contributed by atoms with Crippen molar-refractivity contribution in [2.24, 2.45) is 10.9 Å². The molecule has 2 aromatic rings. The minimum atomic E-state index is -4.93. The van der Waals surface area contributed by atoms with Gasteiger partial charge in [-0.2, -0.15) is 13.2 Å². The zero-order valence-corrected chi connectivity index (χ0v) is 26.4. The molecule has 1 aliphatic carbocycles. The standard InChI is InChI=1S/C34H39F4N5O3/c1-20-18-43(19-21(2)41(20)3)30-13-11-22(15-29(30)40-32(45)26-17-39-31(44)16-27(26)34(36,37)38)25-14-23(10-12-28(25)35)33(46)42(4)24-8-6-5-7-9-24/h10-17,20-21,24,26H,5-9,18-19H2,1-4H3,(H,40,45)/t20-,21+,26?. The molecule has 2 fully saturated rings. The highest BCUT2D eigenvalue weighted by atomic mass is 19.4. The van der Waals surface area contributed by atoms with Gasteiger partial charge in [-0.25, -0.2) is 9.38 Å². The normalized spacial score (nSPS) is 22.9. The van der Waals surface area contributed by atoms with E-state index in [-0.39, 0.29) is 35.3 Å². The number of aliphatic imine (C=N–C) groups is 1. The van der Waals surface area contributed by atoms with Crippen LogP contribution in [0.4, 0.5) is 28.9 Å². The Balaban J connectivity index is 1.52. The summed E-state index contributed by atoms with van der Waals surface area (Å²) in [5.41, 5.74) is 0.169. The highest BCUT2D eigenvalue weighted by Crippen LogP contribution is 2.37. The smallest absolute Gasteiger partial charge is 0.367 e. The predicted molar refractivity (Wildman–Crippen MR) is 169 cm³/mol. The van der Waals surface area contributed by atoms with Crippen LogP contribution in [0.25, 0.3) is 11.1 Å². The molecule has 5 rings (SSSR count). The first-order chi connectivity index (χ1) is 21.7. The maximum absolute atomic E-state index is 15.4. The lowest BCUT2D eigenvalue weighted by molar-refractivity contribution is -0.124. The molecule has 0 bridgehead atoms. The molecule has 12 heteroatoms. The summed E-state index contributed by atoms with van der Waals surface area (Å²) in [6.45, 7) is 5.24. The van der Waals surface area contributed by atoms with E-state index >= 15 is 4.39 Å². The van der Waals surface area contributed by atoms with Crippen LogP contribution in [0.5, 0.6) is 0 Å². The summed E-state index contributed by atoms with van der Waals surface area (Å²) in [5.74, 6) is -4.81. The van der Waals surface area contributed by atoms with Gasteiger partial charge in [0.05, 0.1) is 16.9 Å². The Hall–Kier alpha value is -4.06. The average Bonchev–Trinajstić information content (AvgIpc) is 3.02. The van der Waals surface area contributed by atoms with Gasteiger partial charge in [0.15, 0.2) is 0 Å². The molecule has 0 radical (unpaired) electrons. The van der Waals surface area contributed by atoms with E-state index in [2.05, 4.69) is 15.2 Å². The minimum Gasteiger partial charge on any atom is -0.367 e. The van der Waals surface area contributed by atoms with Crippen LogP contribution in [0.3, 0.4) is 0 Å². The number of likely N-dealkylation sites (N-methyl/N-ethyl adjacent to an activating group) is 1. The monoisotopic (exact) mass is 641 g/mol. The van der Waals surface area contributed by atoms with E-state index < -0.39 is 35.3 Å². The summed E-state index contributed by atoms with van der Waals surface area (Å²) in [4.78, 5) is 47.9. The topological polar surface area (TPSA) is 85.3 Å². The predicted octanol–water partition coefficient (Wildman–Crippen LogP) is 6.08. The van der Waals surface area contributed by atoms with Gasteiger partial charge in [-0.1, -0.05) is 25.3 Å². The van der Waals surface area contributed by atoms with Crippen molar-refractivity contribution in [2.45, 2.75) is 70.3 Å². The number of anilines is 2. The number of nitrogens with one attached hydrogen (secondary N) is 1. The van der Waals surface area contributed by atoms with Crippen molar-refractivity contribution >= 4 is 35.3 Å². The number of dihydropyridines is 1. The Bertz CT molecular complexity index is 1550. The molecule has 8 nitrogen and oxygen atoms in total. The summed E-state index contributed by atoms with van der Waals surface area (Å²) in [6.07, 6.45) is 1.15. The number of alkyl halides is 3. The van der Waals surface area contributed by atoms with Crippen molar-refractivity contribution in [3.8, 4) is 11.1 Å². The van der Waals surface area contributed by atoms with Gasteiger partial charge in [-0.15, -0.1) is 0 Å². The number of carbonyl (C=O) groups excluding carboxylic acids is 3. The molecular weight excluding hydrogens is 602 g/mol. The lowest BCUT2D eigenvalue weighted by Crippen LogP contribution is -2.55. The third-order valence-corrected chi connectivity index (χ3v) is 9.50. The molecule has 2 heterocycles. The van der Waals surface area contributed by atoms with Crippen molar-refractivity contribution in [1.29, 1.82) is 0 Å². The molecule has 0 spiro atoms. The van der Waals surface area contributed by atoms with Crippen molar-refractivity contribution < 1.29 is 31.9 Å². The van der Waals surface area contributed by atoms with Crippen LogP contribution in [0.15, 0.2) is 53.0 Å². The lowest BCUT2D eigenvalue weighted by Gasteiger charge is -2.44.